The summed E-state index contributed by atoms with van der Waals surface area (Å²) in [6.07, 6.45) is 5.80. The SMILES string of the molecule is CCCN(C)CCC12CCCn3c1c(c1ccccc13)CCO2. The lowest BCUT2D eigenvalue weighted by Gasteiger charge is -2.43. The van der Waals surface area contributed by atoms with Crippen LogP contribution in [0.4, 0.5) is 0 Å². The number of hydrogen-bond acceptors (Lipinski definition) is 2. The normalized spacial score (nSPS) is 23.4. The van der Waals surface area contributed by atoms with Crippen molar-refractivity contribution in [3.8, 4) is 0 Å². The van der Waals surface area contributed by atoms with Crippen molar-refractivity contribution in [2.24, 2.45) is 0 Å². The van der Waals surface area contributed by atoms with Crippen LogP contribution in [0, 0.1) is 0 Å². The number of para-hydroxylation sites is 1. The van der Waals surface area contributed by atoms with Crippen molar-refractivity contribution in [2.75, 3.05) is 26.7 Å². The number of fused-ring (bicyclic) bond motifs is 3. The highest BCUT2D eigenvalue weighted by Crippen LogP contribution is 2.46. The molecule has 1 aromatic heterocycles. The van der Waals surface area contributed by atoms with Crippen LogP contribution in [0.2, 0.25) is 0 Å². The highest BCUT2D eigenvalue weighted by atomic mass is 16.5. The molecule has 1 aromatic carbocycles. The summed E-state index contributed by atoms with van der Waals surface area (Å²) in [7, 11) is 2.24. The fourth-order valence-corrected chi connectivity index (χ4v) is 4.69. The summed E-state index contributed by atoms with van der Waals surface area (Å²) in [5.74, 6) is 0. The first-order chi connectivity index (χ1) is 11.2. The van der Waals surface area contributed by atoms with E-state index < -0.39 is 0 Å². The minimum Gasteiger partial charge on any atom is -0.368 e. The smallest absolute Gasteiger partial charge is 0.110 e. The van der Waals surface area contributed by atoms with Crippen LogP contribution in [-0.2, 0) is 23.3 Å². The zero-order valence-corrected chi connectivity index (χ0v) is 14.5. The number of aromatic nitrogens is 1. The molecular formula is C20H28N2O. The molecule has 23 heavy (non-hydrogen) atoms. The van der Waals surface area contributed by atoms with E-state index in [9.17, 15) is 0 Å². The Balaban J connectivity index is 1.76. The number of hydrogen-bond donors (Lipinski definition) is 0. The van der Waals surface area contributed by atoms with Crippen LogP contribution in [0.3, 0.4) is 0 Å². The maximum absolute atomic E-state index is 6.48. The Morgan fingerprint density at radius 1 is 1.26 bits per heavy atom. The third kappa shape index (κ3) is 2.41. The molecule has 3 nitrogen and oxygen atoms in total. The fraction of sp³-hybridized carbons (Fsp3) is 0.600. The molecule has 4 rings (SSSR count). The summed E-state index contributed by atoms with van der Waals surface area (Å²) in [6.45, 7) is 6.56. The second-order valence-corrected chi connectivity index (χ2v) is 7.25. The van der Waals surface area contributed by atoms with E-state index in [-0.39, 0.29) is 5.60 Å². The third-order valence-electron chi connectivity index (χ3n) is 5.70. The van der Waals surface area contributed by atoms with Crippen molar-refractivity contribution in [2.45, 2.75) is 51.2 Å². The van der Waals surface area contributed by atoms with Gasteiger partial charge in [0.1, 0.15) is 5.60 Å². The molecule has 0 saturated heterocycles. The van der Waals surface area contributed by atoms with E-state index in [0.29, 0.717) is 0 Å². The van der Waals surface area contributed by atoms with Gasteiger partial charge >= 0.3 is 0 Å². The molecule has 124 valence electrons. The van der Waals surface area contributed by atoms with Crippen molar-refractivity contribution in [3.63, 3.8) is 0 Å². The zero-order chi connectivity index (χ0) is 15.9. The van der Waals surface area contributed by atoms with E-state index in [1.807, 2.05) is 0 Å². The zero-order valence-electron chi connectivity index (χ0n) is 14.5. The van der Waals surface area contributed by atoms with Gasteiger partial charge in [-0.15, -0.1) is 0 Å². The molecule has 1 unspecified atom stereocenters. The average Bonchev–Trinajstić information content (AvgIpc) is 2.91. The monoisotopic (exact) mass is 312 g/mol. The van der Waals surface area contributed by atoms with Crippen molar-refractivity contribution in [1.29, 1.82) is 0 Å². The van der Waals surface area contributed by atoms with Crippen LogP contribution in [-0.4, -0.2) is 36.2 Å². The highest BCUT2D eigenvalue weighted by Gasteiger charge is 2.43. The molecule has 1 atom stereocenters. The van der Waals surface area contributed by atoms with Crippen molar-refractivity contribution in [1.82, 2.24) is 9.47 Å². The van der Waals surface area contributed by atoms with Gasteiger partial charge in [0.2, 0.25) is 0 Å². The average molecular weight is 312 g/mol. The van der Waals surface area contributed by atoms with E-state index in [0.717, 1.165) is 32.5 Å². The minimum atomic E-state index is -0.0488. The van der Waals surface area contributed by atoms with Gasteiger partial charge in [-0.3, -0.25) is 0 Å². The predicted molar refractivity (Wildman–Crippen MR) is 94.9 cm³/mol. The summed E-state index contributed by atoms with van der Waals surface area (Å²) >= 11 is 0. The molecule has 0 amide bonds. The molecule has 2 aliphatic heterocycles. The van der Waals surface area contributed by atoms with E-state index in [2.05, 4.69) is 47.7 Å². The molecule has 2 aromatic rings. The van der Waals surface area contributed by atoms with Crippen LogP contribution in [0.5, 0.6) is 0 Å². The Morgan fingerprint density at radius 2 is 2.13 bits per heavy atom. The van der Waals surface area contributed by atoms with E-state index in [4.69, 9.17) is 4.74 Å². The molecule has 3 heteroatoms. The summed E-state index contributed by atoms with van der Waals surface area (Å²) < 4.78 is 9.05. The summed E-state index contributed by atoms with van der Waals surface area (Å²) in [5, 5.41) is 1.46. The standard InChI is InChI=1S/C20H28N2O/c1-3-12-21(2)14-11-20-10-6-13-22-18-8-5-4-7-16(18)17(19(20)22)9-15-23-20/h4-5,7-8H,3,6,9-15H2,1-2H3. The summed E-state index contributed by atoms with van der Waals surface area (Å²) in [4.78, 5) is 2.45. The van der Waals surface area contributed by atoms with Gasteiger partial charge in [-0.05, 0) is 57.3 Å². The highest BCUT2D eigenvalue weighted by molar-refractivity contribution is 5.86. The van der Waals surface area contributed by atoms with Crippen LogP contribution in [0.15, 0.2) is 24.3 Å². The first-order valence-electron chi connectivity index (χ1n) is 9.18. The molecular weight excluding hydrogens is 284 g/mol. The maximum atomic E-state index is 6.48. The Labute approximate surface area is 139 Å². The largest absolute Gasteiger partial charge is 0.368 e. The predicted octanol–water partition coefficient (Wildman–Crippen LogP) is 3.94. The van der Waals surface area contributed by atoms with Crippen LogP contribution in [0.25, 0.3) is 10.9 Å². The van der Waals surface area contributed by atoms with Gasteiger partial charge in [-0.25, -0.2) is 0 Å². The lowest BCUT2D eigenvalue weighted by molar-refractivity contribution is -0.0898. The second kappa shape index (κ2) is 5.95. The second-order valence-electron chi connectivity index (χ2n) is 7.25. The van der Waals surface area contributed by atoms with Gasteiger partial charge in [0.25, 0.3) is 0 Å². The molecule has 0 N–H and O–H groups in total. The number of benzene rings is 1. The quantitative estimate of drug-likeness (QED) is 0.832. The Hall–Kier alpha value is -1.32. The number of ether oxygens (including phenoxy) is 1. The first-order valence-corrected chi connectivity index (χ1v) is 9.18. The van der Waals surface area contributed by atoms with Crippen LogP contribution >= 0.6 is 0 Å². The lowest BCUT2D eigenvalue weighted by atomic mass is 9.82. The van der Waals surface area contributed by atoms with Crippen molar-refractivity contribution in [3.05, 3.63) is 35.5 Å². The fourth-order valence-electron chi connectivity index (χ4n) is 4.69. The van der Waals surface area contributed by atoms with Gasteiger partial charge in [-0.2, -0.15) is 0 Å². The van der Waals surface area contributed by atoms with E-state index >= 15 is 0 Å². The molecule has 2 aliphatic rings. The molecule has 0 saturated carbocycles. The van der Waals surface area contributed by atoms with Crippen LogP contribution < -0.4 is 0 Å². The summed E-state index contributed by atoms with van der Waals surface area (Å²) in [5.41, 5.74) is 4.42. The molecule has 0 bridgehead atoms. The Kier molecular flexibility index (Phi) is 3.94. The number of nitrogens with zero attached hydrogens (tertiary/aromatic N) is 2. The van der Waals surface area contributed by atoms with Crippen molar-refractivity contribution < 1.29 is 4.74 Å². The van der Waals surface area contributed by atoms with Crippen molar-refractivity contribution >= 4 is 10.9 Å². The van der Waals surface area contributed by atoms with E-state index in [1.54, 1.807) is 5.56 Å². The van der Waals surface area contributed by atoms with Gasteiger partial charge in [0, 0.05) is 24.0 Å². The van der Waals surface area contributed by atoms with Gasteiger partial charge in [0.05, 0.1) is 12.3 Å². The molecule has 0 radical (unpaired) electrons. The first kappa shape index (κ1) is 15.2. The summed E-state index contributed by atoms with van der Waals surface area (Å²) in [6, 6.07) is 8.93. The van der Waals surface area contributed by atoms with Crippen LogP contribution in [0.1, 0.15) is 43.9 Å². The third-order valence-corrected chi connectivity index (χ3v) is 5.70. The molecule has 3 heterocycles. The topological polar surface area (TPSA) is 17.4 Å². The van der Waals surface area contributed by atoms with E-state index in [1.165, 1.54) is 42.4 Å². The number of aryl methyl sites for hydroxylation is 1. The Bertz CT molecular complexity index is 656. The number of rotatable bonds is 5. The minimum absolute atomic E-state index is 0.0488. The van der Waals surface area contributed by atoms with Gasteiger partial charge in [-0.1, -0.05) is 25.1 Å². The molecule has 0 fully saturated rings. The molecule has 0 spiro atoms. The lowest BCUT2D eigenvalue weighted by Crippen LogP contribution is -2.42. The Morgan fingerprint density at radius 3 is 3.00 bits per heavy atom. The van der Waals surface area contributed by atoms with Gasteiger partial charge < -0.3 is 14.2 Å². The van der Waals surface area contributed by atoms with Gasteiger partial charge in [0.15, 0.2) is 0 Å². The molecule has 0 aliphatic carbocycles. The maximum Gasteiger partial charge on any atom is 0.110 e.